The van der Waals surface area contributed by atoms with Crippen molar-refractivity contribution in [3.05, 3.63) is 34.9 Å². The Bertz CT molecular complexity index is 599. The normalized spacial score (nSPS) is 27.1. The van der Waals surface area contributed by atoms with E-state index >= 15 is 0 Å². The molecule has 0 unspecified atom stereocenters. The van der Waals surface area contributed by atoms with Crippen molar-refractivity contribution in [3.8, 4) is 0 Å². The Balaban J connectivity index is 1.95. The Morgan fingerprint density at radius 1 is 1.48 bits per heavy atom. The predicted octanol–water partition coefficient (Wildman–Crippen LogP) is 2.62. The Hall–Kier alpha value is -1.43. The van der Waals surface area contributed by atoms with Crippen LogP contribution in [0.1, 0.15) is 52.9 Å². The fourth-order valence-corrected chi connectivity index (χ4v) is 4.03. The lowest BCUT2D eigenvalue weighted by Gasteiger charge is -2.39. The highest BCUT2D eigenvalue weighted by atomic mass is 16.6. The maximum atomic E-state index is 12.1. The molecule has 5 heteroatoms. The van der Waals surface area contributed by atoms with Crippen LogP contribution in [0.5, 0.6) is 0 Å². The van der Waals surface area contributed by atoms with E-state index in [1.165, 1.54) is 0 Å². The van der Waals surface area contributed by atoms with Gasteiger partial charge in [-0.3, -0.25) is 0 Å². The highest BCUT2D eigenvalue weighted by Crippen LogP contribution is 2.50. The van der Waals surface area contributed by atoms with Gasteiger partial charge in [-0.15, -0.1) is 0 Å². The van der Waals surface area contributed by atoms with E-state index in [9.17, 15) is 15.0 Å². The van der Waals surface area contributed by atoms with Gasteiger partial charge in [-0.2, -0.15) is 0 Å². The summed E-state index contributed by atoms with van der Waals surface area (Å²) in [6.07, 6.45) is 3.66. The SMILES string of the molecule is C=C(CC[C@@H]1CCC2=C(C(=O)O[C@@H]2O)C1(C)C)C[C@H](O)/C=C(/C)CO. The Labute approximate surface area is 149 Å². The van der Waals surface area contributed by atoms with E-state index in [4.69, 9.17) is 9.84 Å². The molecular formula is C20H30O5. The first-order valence-corrected chi connectivity index (χ1v) is 8.92. The molecule has 0 saturated heterocycles. The molecule has 0 spiro atoms. The number of ether oxygens (including phenoxy) is 1. The van der Waals surface area contributed by atoms with Crippen molar-refractivity contribution < 1.29 is 24.9 Å². The molecule has 1 aliphatic heterocycles. The minimum Gasteiger partial charge on any atom is -0.428 e. The standard InChI is InChI=1S/C20H30O5/c1-12(9-15(22)10-13(2)11-21)5-6-14-7-8-16-17(20(14,3)4)19(24)25-18(16)23/h10,14-15,18,21-23H,1,5-9,11H2,2-4H3/b13-10-/t14-,15+,18+/m1/s1. The zero-order valence-corrected chi connectivity index (χ0v) is 15.4. The van der Waals surface area contributed by atoms with E-state index in [0.717, 1.165) is 36.0 Å². The number of esters is 1. The van der Waals surface area contributed by atoms with E-state index in [-0.39, 0.29) is 12.0 Å². The molecule has 0 amide bonds. The molecule has 1 aliphatic carbocycles. The average molecular weight is 350 g/mol. The summed E-state index contributed by atoms with van der Waals surface area (Å²) in [5.74, 6) is -0.0937. The number of rotatable bonds is 7. The van der Waals surface area contributed by atoms with Gasteiger partial charge in [0, 0.05) is 11.1 Å². The number of carbonyl (C=O) groups excluding carboxylic acids is 1. The highest BCUT2D eigenvalue weighted by molar-refractivity contribution is 5.93. The van der Waals surface area contributed by atoms with Gasteiger partial charge in [0.25, 0.3) is 0 Å². The summed E-state index contributed by atoms with van der Waals surface area (Å²) >= 11 is 0. The van der Waals surface area contributed by atoms with Crippen molar-refractivity contribution in [1.29, 1.82) is 0 Å². The third-order valence-corrected chi connectivity index (χ3v) is 5.54. The molecule has 3 atom stereocenters. The molecule has 0 aromatic heterocycles. The molecule has 1 heterocycles. The van der Waals surface area contributed by atoms with Crippen molar-refractivity contribution in [2.24, 2.45) is 11.3 Å². The van der Waals surface area contributed by atoms with Crippen molar-refractivity contribution in [2.75, 3.05) is 6.61 Å². The van der Waals surface area contributed by atoms with Crippen molar-refractivity contribution >= 4 is 5.97 Å². The summed E-state index contributed by atoms with van der Waals surface area (Å²) in [7, 11) is 0. The second-order valence-electron chi connectivity index (χ2n) is 7.85. The smallest absolute Gasteiger partial charge is 0.337 e. The largest absolute Gasteiger partial charge is 0.428 e. The van der Waals surface area contributed by atoms with Gasteiger partial charge in [0.1, 0.15) is 0 Å². The first-order valence-electron chi connectivity index (χ1n) is 8.92. The van der Waals surface area contributed by atoms with Crippen LogP contribution in [-0.2, 0) is 9.53 Å². The van der Waals surface area contributed by atoms with Gasteiger partial charge in [0.2, 0.25) is 6.29 Å². The number of hydrogen-bond donors (Lipinski definition) is 3. The fourth-order valence-electron chi connectivity index (χ4n) is 4.03. The number of aliphatic hydroxyl groups is 3. The van der Waals surface area contributed by atoms with Crippen LogP contribution in [0, 0.1) is 11.3 Å². The molecule has 0 fully saturated rings. The van der Waals surface area contributed by atoms with Crippen LogP contribution >= 0.6 is 0 Å². The highest BCUT2D eigenvalue weighted by Gasteiger charge is 2.47. The molecule has 5 nitrogen and oxygen atoms in total. The molecule has 0 aromatic rings. The van der Waals surface area contributed by atoms with Gasteiger partial charge in [-0.25, -0.2) is 4.79 Å². The number of aliphatic hydroxyl groups excluding tert-OH is 3. The quantitative estimate of drug-likeness (QED) is 0.485. The van der Waals surface area contributed by atoms with Gasteiger partial charge >= 0.3 is 5.97 Å². The van der Waals surface area contributed by atoms with Crippen LogP contribution in [0.3, 0.4) is 0 Å². The van der Waals surface area contributed by atoms with E-state index in [1.54, 1.807) is 13.0 Å². The lowest BCUT2D eigenvalue weighted by molar-refractivity contribution is -0.152. The topological polar surface area (TPSA) is 87.0 Å². The van der Waals surface area contributed by atoms with E-state index in [1.807, 2.05) is 13.8 Å². The first-order chi connectivity index (χ1) is 11.7. The fraction of sp³-hybridized carbons (Fsp3) is 0.650. The zero-order valence-electron chi connectivity index (χ0n) is 15.4. The third-order valence-electron chi connectivity index (χ3n) is 5.54. The summed E-state index contributed by atoms with van der Waals surface area (Å²) in [5, 5.41) is 28.9. The Morgan fingerprint density at radius 3 is 2.80 bits per heavy atom. The molecule has 0 radical (unpaired) electrons. The summed E-state index contributed by atoms with van der Waals surface area (Å²) in [4.78, 5) is 12.1. The summed E-state index contributed by atoms with van der Waals surface area (Å²) in [6, 6.07) is 0. The molecule has 0 bridgehead atoms. The lowest BCUT2D eigenvalue weighted by Crippen LogP contribution is -2.33. The molecule has 0 aromatic carbocycles. The predicted molar refractivity (Wildman–Crippen MR) is 95.5 cm³/mol. The molecule has 2 aliphatic rings. The Morgan fingerprint density at radius 2 is 2.16 bits per heavy atom. The van der Waals surface area contributed by atoms with Crippen LogP contribution < -0.4 is 0 Å². The van der Waals surface area contributed by atoms with Crippen LogP contribution in [0.15, 0.2) is 34.9 Å². The zero-order chi connectivity index (χ0) is 18.8. The van der Waals surface area contributed by atoms with Gasteiger partial charge in [-0.05, 0) is 55.9 Å². The van der Waals surface area contributed by atoms with Gasteiger partial charge in [0.15, 0.2) is 0 Å². The van der Waals surface area contributed by atoms with E-state index in [2.05, 4.69) is 6.58 Å². The minimum atomic E-state index is -1.07. The third kappa shape index (κ3) is 4.40. The minimum absolute atomic E-state index is 0.0564. The van der Waals surface area contributed by atoms with Crippen LogP contribution in [0.25, 0.3) is 0 Å². The van der Waals surface area contributed by atoms with Gasteiger partial charge in [0.05, 0.1) is 12.7 Å². The summed E-state index contributed by atoms with van der Waals surface area (Å²) in [5.41, 5.74) is 2.74. The van der Waals surface area contributed by atoms with Gasteiger partial charge in [-0.1, -0.05) is 32.1 Å². The molecule has 25 heavy (non-hydrogen) atoms. The van der Waals surface area contributed by atoms with E-state index < -0.39 is 18.4 Å². The summed E-state index contributed by atoms with van der Waals surface area (Å²) in [6.45, 7) is 9.85. The average Bonchev–Trinajstić information content (AvgIpc) is 2.81. The number of carbonyl (C=O) groups is 1. The second-order valence-corrected chi connectivity index (χ2v) is 7.85. The molecular weight excluding hydrogens is 320 g/mol. The van der Waals surface area contributed by atoms with Crippen LogP contribution in [0.2, 0.25) is 0 Å². The monoisotopic (exact) mass is 350 g/mol. The van der Waals surface area contributed by atoms with E-state index in [0.29, 0.717) is 24.3 Å². The van der Waals surface area contributed by atoms with Crippen molar-refractivity contribution in [2.45, 2.75) is 65.3 Å². The first kappa shape index (κ1) is 19.9. The van der Waals surface area contributed by atoms with Crippen LogP contribution in [0.4, 0.5) is 0 Å². The van der Waals surface area contributed by atoms with Crippen LogP contribution in [-0.4, -0.2) is 40.3 Å². The molecule has 0 saturated carbocycles. The van der Waals surface area contributed by atoms with Crippen molar-refractivity contribution in [1.82, 2.24) is 0 Å². The lowest BCUT2D eigenvalue weighted by atomic mass is 9.64. The maximum Gasteiger partial charge on any atom is 0.337 e. The van der Waals surface area contributed by atoms with Crippen molar-refractivity contribution in [3.63, 3.8) is 0 Å². The summed E-state index contributed by atoms with van der Waals surface area (Å²) < 4.78 is 4.98. The second kappa shape index (κ2) is 7.85. The number of cyclic esters (lactones) is 1. The molecule has 2 rings (SSSR count). The number of hydrogen-bond acceptors (Lipinski definition) is 5. The Kier molecular flexibility index (Phi) is 6.25. The molecule has 140 valence electrons. The maximum absolute atomic E-state index is 12.1. The molecule has 3 N–H and O–H groups in total. The van der Waals surface area contributed by atoms with Gasteiger partial charge < -0.3 is 20.1 Å².